The second kappa shape index (κ2) is 6.35. The summed E-state index contributed by atoms with van der Waals surface area (Å²) < 4.78 is 10.5. The Balaban J connectivity index is 4.55. The summed E-state index contributed by atoms with van der Waals surface area (Å²) in [5.74, 6) is 0. The van der Waals surface area contributed by atoms with Crippen LogP contribution in [-0.4, -0.2) is 42.8 Å². The lowest BCUT2D eigenvalue weighted by Gasteiger charge is -2.24. The van der Waals surface area contributed by atoms with Gasteiger partial charge in [0.15, 0.2) is 0 Å². The van der Waals surface area contributed by atoms with Gasteiger partial charge in [-0.1, -0.05) is 0 Å². The number of nitrogens with zero attached hydrogens (tertiary/aromatic N) is 2. The van der Waals surface area contributed by atoms with Crippen LogP contribution in [0.2, 0.25) is 0 Å². The Hall–Kier alpha value is -1.26. The van der Waals surface area contributed by atoms with E-state index in [1.165, 1.54) is 4.90 Å². The molecule has 5 nitrogen and oxygen atoms in total. The van der Waals surface area contributed by atoms with E-state index in [1.807, 2.05) is 34.6 Å². The van der Waals surface area contributed by atoms with Crippen molar-refractivity contribution >= 4 is 12.1 Å². The van der Waals surface area contributed by atoms with E-state index in [0.29, 0.717) is 19.2 Å². The first-order chi connectivity index (χ1) is 7.31. The highest BCUT2D eigenvalue weighted by molar-refractivity contribution is 5.90. The maximum Gasteiger partial charge on any atom is 0.418 e. The maximum atomic E-state index is 11.7. The van der Waals surface area contributed by atoms with E-state index in [4.69, 9.17) is 9.47 Å². The molecule has 1 amide bonds. The Morgan fingerprint density at radius 1 is 1.31 bits per heavy atom. The number of carbonyl (C=O) groups is 1. The van der Waals surface area contributed by atoms with Crippen LogP contribution in [0.4, 0.5) is 4.79 Å². The summed E-state index contributed by atoms with van der Waals surface area (Å²) in [6, 6.07) is 0.291. The molecule has 0 bridgehead atoms. The molecule has 0 radical (unpaired) electrons. The van der Waals surface area contributed by atoms with Crippen LogP contribution in [0.3, 0.4) is 0 Å². The number of rotatable bonds is 2. The highest BCUT2D eigenvalue weighted by Crippen LogP contribution is 2.09. The summed E-state index contributed by atoms with van der Waals surface area (Å²) in [5.41, 5.74) is -0.519. The Morgan fingerprint density at radius 3 is 2.25 bits per heavy atom. The Kier molecular flexibility index (Phi) is 5.85. The molecule has 0 saturated heterocycles. The highest BCUT2D eigenvalue weighted by Gasteiger charge is 2.23. The van der Waals surface area contributed by atoms with Crippen LogP contribution < -0.4 is 0 Å². The van der Waals surface area contributed by atoms with Crippen molar-refractivity contribution in [1.29, 1.82) is 0 Å². The molecular weight excluding hydrogens is 208 g/mol. The number of amidine groups is 1. The van der Waals surface area contributed by atoms with Gasteiger partial charge in [0.25, 0.3) is 6.02 Å². The summed E-state index contributed by atoms with van der Waals surface area (Å²) >= 11 is 0. The summed E-state index contributed by atoms with van der Waals surface area (Å²) in [7, 11) is 1.58. The number of hydrogen-bond donors (Lipinski definition) is 0. The van der Waals surface area contributed by atoms with Gasteiger partial charge in [0, 0.05) is 13.6 Å². The van der Waals surface area contributed by atoms with Crippen molar-refractivity contribution in [3.8, 4) is 0 Å². The van der Waals surface area contributed by atoms with Gasteiger partial charge in [-0.3, -0.25) is 0 Å². The maximum absolute atomic E-state index is 11.7. The van der Waals surface area contributed by atoms with Gasteiger partial charge in [-0.05, 0) is 34.6 Å². The molecule has 0 unspecified atom stereocenters. The largest absolute Gasteiger partial charge is 0.465 e. The smallest absolute Gasteiger partial charge is 0.418 e. The average molecular weight is 230 g/mol. The number of ether oxygens (including phenoxy) is 2. The predicted octanol–water partition coefficient (Wildman–Crippen LogP) is 2.27. The van der Waals surface area contributed by atoms with E-state index >= 15 is 0 Å². The van der Waals surface area contributed by atoms with Crippen LogP contribution in [0.1, 0.15) is 34.6 Å². The van der Waals surface area contributed by atoms with Crippen LogP contribution in [0.25, 0.3) is 0 Å². The Bertz CT molecular complexity index is 256. The van der Waals surface area contributed by atoms with E-state index in [0.717, 1.165) is 0 Å². The normalized spacial score (nSPS) is 12.2. The highest BCUT2D eigenvalue weighted by atomic mass is 16.6. The van der Waals surface area contributed by atoms with Gasteiger partial charge in [0.2, 0.25) is 0 Å². The first-order valence-corrected chi connectivity index (χ1v) is 5.45. The van der Waals surface area contributed by atoms with Gasteiger partial charge in [-0.2, -0.15) is 0 Å². The van der Waals surface area contributed by atoms with Crippen LogP contribution >= 0.6 is 0 Å². The number of amides is 1. The first kappa shape index (κ1) is 14.7. The monoisotopic (exact) mass is 230 g/mol. The Labute approximate surface area is 97.4 Å². The zero-order valence-corrected chi connectivity index (χ0v) is 11.0. The van der Waals surface area contributed by atoms with E-state index in [9.17, 15) is 4.79 Å². The van der Waals surface area contributed by atoms with Gasteiger partial charge in [0.05, 0.1) is 6.61 Å². The molecule has 0 spiro atoms. The Morgan fingerprint density at radius 2 is 1.88 bits per heavy atom. The third kappa shape index (κ3) is 5.58. The van der Waals surface area contributed by atoms with Crippen molar-refractivity contribution in [1.82, 2.24) is 4.90 Å². The number of aliphatic imine (C=N–C) groups is 1. The van der Waals surface area contributed by atoms with Crippen molar-refractivity contribution in [2.24, 2.45) is 4.99 Å². The molecule has 0 aliphatic carbocycles. The van der Waals surface area contributed by atoms with Crippen LogP contribution in [0.5, 0.6) is 0 Å². The minimum absolute atomic E-state index is 0.291. The van der Waals surface area contributed by atoms with Crippen molar-refractivity contribution in [3.05, 3.63) is 0 Å². The van der Waals surface area contributed by atoms with Gasteiger partial charge < -0.3 is 9.47 Å². The first-order valence-electron chi connectivity index (χ1n) is 5.45. The van der Waals surface area contributed by atoms with Crippen LogP contribution in [0.15, 0.2) is 4.99 Å². The average Bonchev–Trinajstić information content (AvgIpc) is 2.13. The van der Waals surface area contributed by atoms with E-state index in [2.05, 4.69) is 4.99 Å². The van der Waals surface area contributed by atoms with Gasteiger partial charge in [0.1, 0.15) is 5.60 Å². The lowest BCUT2D eigenvalue weighted by Crippen LogP contribution is -2.39. The van der Waals surface area contributed by atoms with E-state index in [1.54, 1.807) is 7.05 Å². The molecule has 0 saturated carbocycles. The molecule has 0 heterocycles. The second-order valence-corrected chi connectivity index (χ2v) is 4.23. The number of carbonyl (C=O) groups excluding carboxylic acids is 1. The van der Waals surface area contributed by atoms with Crippen molar-refractivity contribution in [3.63, 3.8) is 0 Å². The SMILES string of the molecule is CCN=C(OCC)N(C)C(=O)OC(C)(C)C. The molecule has 0 aromatic carbocycles. The fraction of sp³-hybridized carbons (Fsp3) is 0.818. The fourth-order valence-electron chi connectivity index (χ4n) is 0.921. The predicted molar refractivity (Wildman–Crippen MR) is 63.6 cm³/mol. The molecule has 0 rings (SSSR count). The molecule has 5 heteroatoms. The molecular formula is C11H22N2O3. The summed E-state index contributed by atoms with van der Waals surface area (Å²) in [5, 5.41) is 0. The molecule has 0 aromatic rings. The minimum Gasteiger partial charge on any atom is -0.465 e. The van der Waals surface area contributed by atoms with E-state index < -0.39 is 11.7 Å². The molecule has 0 fully saturated rings. The molecule has 94 valence electrons. The van der Waals surface area contributed by atoms with Gasteiger partial charge >= 0.3 is 6.09 Å². The fourth-order valence-corrected chi connectivity index (χ4v) is 0.921. The van der Waals surface area contributed by atoms with Crippen molar-refractivity contribution in [2.45, 2.75) is 40.2 Å². The summed E-state index contributed by atoms with van der Waals surface area (Å²) in [4.78, 5) is 17.1. The number of hydrogen-bond acceptors (Lipinski definition) is 4. The molecule has 16 heavy (non-hydrogen) atoms. The second-order valence-electron chi connectivity index (χ2n) is 4.23. The van der Waals surface area contributed by atoms with Crippen molar-refractivity contribution < 1.29 is 14.3 Å². The molecule has 0 aliphatic heterocycles. The van der Waals surface area contributed by atoms with Gasteiger partial charge in [-0.25, -0.2) is 14.7 Å². The van der Waals surface area contributed by atoms with Crippen molar-refractivity contribution in [2.75, 3.05) is 20.2 Å². The van der Waals surface area contributed by atoms with Gasteiger partial charge in [-0.15, -0.1) is 0 Å². The summed E-state index contributed by atoms with van der Waals surface area (Å²) in [6.45, 7) is 10.2. The molecule has 0 aromatic heterocycles. The molecule has 0 aliphatic rings. The lowest BCUT2D eigenvalue weighted by atomic mass is 10.2. The van der Waals surface area contributed by atoms with Crippen LogP contribution in [0, 0.1) is 0 Å². The molecule has 0 atom stereocenters. The third-order valence-corrected chi connectivity index (χ3v) is 1.52. The topological polar surface area (TPSA) is 51.1 Å². The lowest BCUT2D eigenvalue weighted by molar-refractivity contribution is 0.0364. The molecule has 0 N–H and O–H groups in total. The van der Waals surface area contributed by atoms with Crippen LogP contribution in [-0.2, 0) is 9.47 Å². The quantitative estimate of drug-likeness (QED) is 0.540. The summed E-state index contributed by atoms with van der Waals surface area (Å²) in [6.07, 6.45) is -0.465. The van der Waals surface area contributed by atoms with E-state index in [-0.39, 0.29) is 0 Å². The zero-order chi connectivity index (χ0) is 12.8. The zero-order valence-electron chi connectivity index (χ0n) is 11.0. The third-order valence-electron chi connectivity index (χ3n) is 1.52. The standard InChI is InChI=1S/C11H22N2O3/c1-7-12-9(15-8-2)13(6)10(14)16-11(3,4)5/h7-8H2,1-6H3. The minimum atomic E-state index is -0.519.